The number of likely N-dealkylation sites (tertiary alicyclic amines) is 1. The van der Waals surface area contributed by atoms with Crippen molar-refractivity contribution < 1.29 is 34.1 Å². The van der Waals surface area contributed by atoms with E-state index in [9.17, 15) is 28.9 Å². The lowest BCUT2D eigenvalue weighted by molar-refractivity contribution is -0.484. The van der Waals surface area contributed by atoms with Crippen molar-refractivity contribution in [2.24, 2.45) is 0 Å². The zero-order chi connectivity index (χ0) is 25.0. The van der Waals surface area contributed by atoms with Crippen molar-refractivity contribution in [3.05, 3.63) is 35.2 Å². The first-order valence-corrected chi connectivity index (χ1v) is 11.0. The van der Waals surface area contributed by atoms with Gasteiger partial charge in [-0.25, -0.2) is 0 Å². The lowest BCUT2D eigenvalue weighted by Gasteiger charge is -2.42. The van der Waals surface area contributed by atoms with E-state index < -0.39 is 47.0 Å². The molecule has 4 amide bonds. The number of nitrogens with one attached hydrogen (secondary N) is 2. The first-order chi connectivity index (χ1) is 16.2. The summed E-state index contributed by atoms with van der Waals surface area (Å²) in [7, 11) is 1.20. The third kappa shape index (κ3) is 4.40. The van der Waals surface area contributed by atoms with Gasteiger partial charge in [-0.3, -0.25) is 28.8 Å². The van der Waals surface area contributed by atoms with Crippen LogP contribution in [0, 0.1) is 4.91 Å². The molecule has 182 valence electrons. The first kappa shape index (κ1) is 25.0. The predicted molar refractivity (Wildman–Crippen MR) is 117 cm³/mol. The summed E-state index contributed by atoms with van der Waals surface area (Å²) >= 11 is 0. The van der Waals surface area contributed by atoms with Crippen LogP contribution in [0.4, 0.5) is 5.69 Å². The zero-order valence-electron chi connectivity index (χ0n) is 19.3. The van der Waals surface area contributed by atoms with Crippen molar-refractivity contribution in [3.8, 4) is 0 Å². The number of carbonyl (C=O) groups excluding carboxylic acids is 5. The zero-order valence-corrected chi connectivity index (χ0v) is 19.3. The molecule has 34 heavy (non-hydrogen) atoms. The van der Waals surface area contributed by atoms with Crippen LogP contribution in [0.25, 0.3) is 0 Å². The number of nitrogens with zero attached hydrogens (tertiary/aromatic N) is 3. The van der Waals surface area contributed by atoms with Crippen LogP contribution >= 0.6 is 0 Å². The second kappa shape index (κ2) is 10.1. The molecule has 0 spiro atoms. The fourth-order valence-corrected chi connectivity index (χ4v) is 4.35. The van der Waals surface area contributed by atoms with Crippen LogP contribution in [0.3, 0.4) is 0 Å². The van der Waals surface area contributed by atoms with Gasteiger partial charge in [-0.15, -0.1) is 0 Å². The van der Waals surface area contributed by atoms with Crippen LogP contribution in [-0.4, -0.2) is 70.7 Å². The molecule has 0 radical (unpaired) electrons. The Morgan fingerprint density at radius 2 is 1.88 bits per heavy atom. The molecule has 0 aliphatic carbocycles. The van der Waals surface area contributed by atoms with Gasteiger partial charge in [-0.05, 0) is 43.8 Å². The highest BCUT2D eigenvalue weighted by Crippen LogP contribution is 2.31. The van der Waals surface area contributed by atoms with E-state index in [0.717, 1.165) is 10.1 Å². The summed E-state index contributed by atoms with van der Waals surface area (Å²) in [5, 5.41) is 5.66. The Labute approximate surface area is 196 Å². The summed E-state index contributed by atoms with van der Waals surface area (Å²) in [5.41, 5.74) is -1.58. The van der Waals surface area contributed by atoms with E-state index in [4.69, 9.17) is 4.84 Å². The largest absolute Gasteiger partial charge is 0.343 e. The number of hydrogen-bond donors (Lipinski definition) is 2. The summed E-state index contributed by atoms with van der Waals surface area (Å²) in [4.78, 5) is 81.9. The summed E-state index contributed by atoms with van der Waals surface area (Å²) < 4.78 is 0. The summed E-state index contributed by atoms with van der Waals surface area (Å²) in [6.45, 7) is 2.94. The molecule has 3 rings (SSSR count). The van der Waals surface area contributed by atoms with Crippen LogP contribution < -0.4 is 15.6 Å². The number of para-hydroxylation sites is 1. The number of Topliss-reactive ketones (excluding diaryl/α,β-unsaturated/α-hetero) is 1. The molecule has 2 aliphatic heterocycles. The maximum atomic E-state index is 13.4. The molecule has 12 nitrogen and oxygen atoms in total. The van der Waals surface area contributed by atoms with Crippen molar-refractivity contribution in [1.82, 2.24) is 15.3 Å². The van der Waals surface area contributed by atoms with Gasteiger partial charge in [0.25, 0.3) is 5.91 Å². The van der Waals surface area contributed by atoms with Crippen molar-refractivity contribution in [3.63, 3.8) is 0 Å². The molecule has 2 aliphatic rings. The Morgan fingerprint density at radius 1 is 1.21 bits per heavy atom. The minimum absolute atomic E-state index is 0.0647. The SMILES string of the molecule is CON1C(=O)CCC(=O)[C@]1(C)C(=O)N1CCC[C@H]1C(=O)N[C@@H](C)C(=O)N([NH+]=O)c1ccccc1. The predicted octanol–water partition coefficient (Wildman–Crippen LogP) is -1.21. The topological polar surface area (TPSA) is 147 Å². The lowest BCUT2D eigenvalue weighted by atomic mass is 9.86. The van der Waals surface area contributed by atoms with Crippen LogP contribution in [0.2, 0.25) is 0 Å². The number of piperidine rings is 1. The Hall–Kier alpha value is -3.67. The van der Waals surface area contributed by atoms with Crippen molar-refractivity contribution in [1.29, 1.82) is 0 Å². The number of anilines is 1. The molecule has 1 aromatic rings. The monoisotopic (exact) mass is 474 g/mol. The smallest absolute Gasteiger partial charge is 0.309 e. The molecule has 2 saturated heterocycles. The first-order valence-electron chi connectivity index (χ1n) is 11.0. The molecule has 2 heterocycles. The molecule has 0 aromatic heterocycles. The van der Waals surface area contributed by atoms with Gasteiger partial charge in [0, 0.05) is 24.3 Å². The van der Waals surface area contributed by atoms with Crippen LogP contribution in [0.15, 0.2) is 30.3 Å². The Morgan fingerprint density at radius 3 is 2.50 bits per heavy atom. The highest BCUT2D eigenvalue weighted by atomic mass is 16.7. The Bertz CT molecular complexity index is 1000. The van der Waals surface area contributed by atoms with Gasteiger partial charge in [0.1, 0.15) is 23.1 Å². The van der Waals surface area contributed by atoms with Crippen LogP contribution in [-0.2, 0) is 28.8 Å². The van der Waals surface area contributed by atoms with E-state index in [2.05, 4.69) is 5.32 Å². The fourth-order valence-electron chi connectivity index (χ4n) is 4.35. The number of ketones is 1. The van der Waals surface area contributed by atoms with E-state index >= 15 is 0 Å². The molecule has 1 aromatic carbocycles. The van der Waals surface area contributed by atoms with E-state index in [-0.39, 0.29) is 19.4 Å². The van der Waals surface area contributed by atoms with E-state index in [1.165, 1.54) is 25.9 Å². The second-order valence-electron chi connectivity index (χ2n) is 8.35. The van der Waals surface area contributed by atoms with Gasteiger partial charge in [0.2, 0.25) is 17.4 Å². The maximum Gasteiger partial charge on any atom is 0.309 e. The lowest BCUT2D eigenvalue weighted by Crippen LogP contribution is -2.82. The molecule has 3 atom stereocenters. The molecule has 2 fully saturated rings. The Balaban J connectivity index is 1.75. The van der Waals surface area contributed by atoms with Crippen molar-refractivity contribution in [2.45, 2.75) is 57.2 Å². The third-order valence-corrected chi connectivity index (χ3v) is 6.21. The standard InChI is InChI=1S/C22H27N5O7/c1-14(20(31)26(24-33)15-8-5-4-6-9-15)23-19(30)16-10-7-13-25(16)21(32)22(2)17(28)11-12-18(29)27(22)34-3/h4-6,8-9,14,16H,7,10-13H2,1-3H3,(H,23,30)/p+1/t14-,16-,22+/m0/s1. The van der Waals surface area contributed by atoms with E-state index in [1.54, 1.807) is 35.6 Å². The molecular formula is C22H28N5O7+. The molecule has 0 unspecified atom stereocenters. The number of carbonyl (C=O) groups is 5. The highest BCUT2D eigenvalue weighted by molar-refractivity contribution is 6.15. The van der Waals surface area contributed by atoms with Gasteiger partial charge in [0.05, 0.1) is 7.11 Å². The van der Waals surface area contributed by atoms with Gasteiger partial charge in [-0.2, -0.15) is 5.06 Å². The van der Waals surface area contributed by atoms with Crippen LogP contribution in [0.5, 0.6) is 0 Å². The number of nitroso groups, excluding NO2 is 1. The number of rotatable bonds is 7. The summed E-state index contributed by atoms with van der Waals surface area (Å²) in [6.07, 6.45) is 0.640. The second-order valence-corrected chi connectivity index (χ2v) is 8.35. The molecule has 0 bridgehead atoms. The maximum absolute atomic E-state index is 13.4. The number of hydrazine groups is 1. The molecule has 2 N–H and O–H groups in total. The van der Waals surface area contributed by atoms with Crippen LogP contribution in [0.1, 0.15) is 39.5 Å². The number of hydrogen-bond acceptors (Lipinski definition) is 7. The number of benzene rings is 1. The minimum atomic E-state index is -1.88. The van der Waals surface area contributed by atoms with Gasteiger partial charge in [-0.1, -0.05) is 18.2 Å². The van der Waals surface area contributed by atoms with E-state index in [0.29, 0.717) is 18.5 Å². The van der Waals surface area contributed by atoms with E-state index in [1.807, 2.05) is 0 Å². The molecular weight excluding hydrogens is 446 g/mol. The van der Waals surface area contributed by atoms with Gasteiger partial charge in [0.15, 0.2) is 5.78 Å². The minimum Gasteiger partial charge on any atom is -0.343 e. The normalized spacial score (nSPS) is 23.4. The Kier molecular flexibility index (Phi) is 7.40. The summed E-state index contributed by atoms with van der Waals surface area (Å²) in [5.74, 6) is -2.99. The quantitative estimate of drug-likeness (QED) is 0.372. The van der Waals surface area contributed by atoms with Crippen molar-refractivity contribution >= 4 is 35.1 Å². The molecule has 12 heteroatoms. The average molecular weight is 474 g/mol. The number of amides is 4. The highest BCUT2D eigenvalue weighted by Gasteiger charge is 2.55. The summed E-state index contributed by atoms with van der Waals surface area (Å²) in [6, 6.07) is 6.10. The third-order valence-electron chi connectivity index (χ3n) is 6.21. The number of hydroxylamine groups is 2. The van der Waals surface area contributed by atoms with Gasteiger partial charge < -0.3 is 10.2 Å². The fraction of sp³-hybridized carbons (Fsp3) is 0.500. The van der Waals surface area contributed by atoms with Gasteiger partial charge >= 0.3 is 5.91 Å². The van der Waals surface area contributed by atoms with Crippen molar-refractivity contribution in [2.75, 3.05) is 18.7 Å². The average Bonchev–Trinajstić information content (AvgIpc) is 3.32. The molecule has 0 saturated carbocycles.